The first-order chi connectivity index (χ1) is 13.4. The van der Waals surface area contributed by atoms with Gasteiger partial charge in [-0.25, -0.2) is 4.79 Å². The maximum atomic E-state index is 12.2. The first kappa shape index (κ1) is 19.6. The van der Waals surface area contributed by atoms with Crippen LogP contribution in [0.2, 0.25) is 0 Å². The van der Waals surface area contributed by atoms with Crippen LogP contribution in [0.1, 0.15) is 23.0 Å². The van der Waals surface area contributed by atoms with Gasteiger partial charge in [-0.05, 0) is 18.2 Å². The Morgan fingerprint density at radius 1 is 1.18 bits per heavy atom. The van der Waals surface area contributed by atoms with Crippen LogP contribution in [0.25, 0.3) is 11.3 Å². The first-order valence-corrected chi connectivity index (χ1v) is 9.03. The van der Waals surface area contributed by atoms with Crippen LogP contribution in [-0.2, 0) is 16.1 Å². The molecule has 2 amide bonds. The van der Waals surface area contributed by atoms with E-state index >= 15 is 0 Å². The zero-order chi connectivity index (χ0) is 20.3. The van der Waals surface area contributed by atoms with Crippen molar-refractivity contribution in [2.24, 2.45) is 0 Å². The molecule has 0 bridgehead atoms. The van der Waals surface area contributed by atoms with Crippen molar-refractivity contribution in [3.63, 3.8) is 0 Å². The second kappa shape index (κ2) is 8.26. The van der Waals surface area contributed by atoms with E-state index in [0.717, 1.165) is 0 Å². The smallest absolute Gasteiger partial charge is 0.336 e. The van der Waals surface area contributed by atoms with E-state index in [-0.39, 0.29) is 17.4 Å². The molecule has 148 valence electrons. The molecule has 2 N–H and O–H groups in total. The number of hydrogen-bond donors (Lipinski definition) is 2. The molecule has 1 aromatic carbocycles. The van der Waals surface area contributed by atoms with Crippen LogP contribution in [0.3, 0.4) is 0 Å². The van der Waals surface area contributed by atoms with Crippen molar-refractivity contribution in [2.75, 3.05) is 26.7 Å². The van der Waals surface area contributed by atoms with E-state index < -0.39 is 12.0 Å². The average molecular weight is 385 g/mol. The number of aromatic carboxylic acids is 1. The van der Waals surface area contributed by atoms with E-state index in [1.165, 1.54) is 13.0 Å². The Balaban J connectivity index is 1.75. The molecular formula is C20H23N3O5. The van der Waals surface area contributed by atoms with Crippen molar-refractivity contribution in [2.45, 2.75) is 19.5 Å². The van der Waals surface area contributed by atoms with Crippen molar-refractivity contribution in [1.82, 2.24) is 15.1 Å². The second-order valence-electron chi connectivity index (χ2n) is 6.69. The number of carbonyl (C=O) groups excluding carboxylic acids is 2. The van der Waals surface area contributed by atoms with Crippen molar-refractivity contribution in [1.29, 1.82) is 0 Å². The third-order valence-corrected chi connectivity index (χ3v) is 4.88. The Morgan fingerprint density at radius 2 is 1.93 bits per heavy atom. The van der Waals surface area contributed by atoms with Crippen LogP contribution in [0, 0.1) is 0 Å². The Kier molecular flexibility index (Phi) is 5.79. The van der Waals surface area contributed by atoms with E-state index in [1.54, 1.807) is 42.3 Å². The first-order valence-electron chi connectivity index (χ1n) is 9.03. The minimum absolute atomic E-state index is 0.126. The molecule has 1 aromatic heterocycles. The number of carboxylic acids is 1. The van der Waals surface area contributed by atoms with E-state index in [0.29, 0.717) is 43.3 Å². The van der Waals surface area contributed by atoms with Gasteiger partial charge in [-0.2, -0.15) is 0 Å². The highest BCUT2D eigenvalue weighted by atomic mass is 16.4. The summed E-state index contributed by atoms with van der Waals surface area (Å²) in [7, 11) is 1.55. The molecule has 1 aliphatic rings. The van der Waals surface area contributed by atoms with E-state index in [1.807, 2.05) is 4.90 Å². The summed E-state index contributed by atoms with van der Waals surface area (Å²) in [6, 6.07) is 9.69. The number of furan rings is 1. The van der Waals surface area contributed by atoms with Crippen LogP contribution in [0.5, 0.6) is 0 Å². The van der Waals surface area contributed by atoms with Crippen LogP contribution in [0.15, 0.2) is 40.8 Å². The summed E-state index contributed by atoms with van der Waals surface area (Å²) < 4.78 is 5.87. The third-order valence-electron chi connectivity index (χ3n) is 4.88. The van der Waals surface area contributed by atoms with E-state index in [9.17, 15) is 19.5 Å². The van der Waals surface area contributed by atoms with Crippen molar-refractivity contribution >= 4 is 17.8 Å². The molecule has 1 fully saturated rings. The number of likely N-dealkylation sites (N-methyl/N-ethyl adjacent to an activating group) is 1. The molecule has 0 unspecified atom stereocenters. The molecular weight excluding hydrogens is 362 g/mol. The van der Waals surface area contributed by atoms with Crippen LogP contribution in [-0.4, -0.2) is 65.4 Å². The van der Waals surface area contributed by atoms with Crippen LogP contribution in [0.4, 0.5) is 0 Å². The van der Waals surface area contributed by atoms with E-state index in [4.69, 9.17) is 4.42 Å². The summed E-state index contributed by atoms with van der Waals surface area (Å²) in [5, 5.41) is 12.0. The number of nitrogens with one attached hydrogen (secondary N) is 1. The number of piperazine rings is 1. The minimum atomic E-state index is -1.01. The molecule has 1 saturated heterocycles. The molecule has 28 heavy (non-hydrogen) atoms. The third kappa shape index (κ3) is 4.07. The average Bonchev–Trinajstić information content (AvgIpc) is 3.15. The van der Waals surface area contributed by atoms with Crippen LogP contribution >= 0.6 is 0 Å². The molecule has 2 heterocycles. The molecule has 1 aliphatic heterocycles. The van der Waals surface area contributed by atoms with Crippen molar-refractivity contribution in [3.8, 4) is 11.3 Å². The number of benzene rings is 1. The Morgan fingerprint density at radius 3 is 2.61 bits per heavy atom. The summed E-state index contributed by atoms with van der Waals surface area (Å²) in [5.41, 5.74) is 0.698. The van der Waals surface area contributed by atoms with Gasteiger partial charge in [0.25, 0.3) is 0 Å². The Hall–Kier alpha value is -3.13. The number of carbonyl (C=O) groups is 3. The lowest BCUT2D eigenvalue weighted by Gasteiger charge is -2.39. The fraction of sp³-hybridized carbons (Fsp3) is 0.350. The zero-order valence-corrected chi connectivity index (χ0v) is 15.8. The zero-order valence-electron chi connectivity index (χ0n) is 15.8. The summed E-state index contributed by atoms with van der Waals surface area (Å²) in [6.07, 6.45) is 0. The predicted molar refractivity (Wildman–Crippen MR) is 102 cm³/mol. The van der Waals surface area contributed by atoms with Gasteiger partial charge in [0.1, 0.15) is 17.6 Å². The summed E-state index contributed by atoms with van der Waals surface area (Å²) >= 11 is 0. The van der Waals surface area contributed by atoms with Gasteiger partial charge in [-0.1, -0.05) is 18.2 Å². The number of nitrogens with zero attached hydrogens (tertiary/aromatic N) is 2. The van der Waals surface area contributed by atoms with Crippen molar-refractivity contribution in [3.05, 3.63) is 47.7 Å². The van der Waals surface area contributed by atoms with Gasteiger partial charge in [0, 0.05) is 39.2 Å². The Labute approximate surface area is 162 Å². The van der Waals surface area contributed by atoms with Gasteiger partial charge in [0.15, 0.2) is 0 Å². The predicted octanol–water partition coefficient (Wildman–Crippen LogP) is 1.42. The van der Waals surface area contributed by atoms with Gasteiger partial charge in [-0.3, -0.25) is 14.5 Å². The number of amides is 2. The quantitative estimate of drug-likeness (QED) is 0.807. The number of hydrogen-bond acceptors (Lipinski definition) is 5. The lowest BCUT2D eigenvalue weighted by Crippen LogP contribution is -2.59. The normalized spacial score (nSPS) is 17.4. The topological polar surface area (TPSA) is 103 Å². The minimum Gasteiger partial charge on any atom is -0.478 e. The highest BCUT2D eigenvalue weighted by molar-refractivity contribution is 5.95. The second-order valence-corrected chi connectivity index (χ2v) is 6.69. The fourth-order valence-corrected chi connectivity index (χ4v) is 3.46. The van der Waals surface area contributed by atoms with E-state index in [2.05, 4.69) is 5.32 Å². The molecule has 8 nitrogen and oxygen atoms in total. The standard InChI is InChI=1S/C20H23N3O5/c1-13(24)23-10-9-22(12-17(23)19(25)21-2)11-14-7-8-18(28-14)15-5-3-4-6-16(15)20(26)27/h3-8,17H,9-12H2,1-2H3,(H,21,25)(H,26,27)/t17-/m0/s1. The SMILES string of the molecule is CNC(=O)[C@@H]1CN(Cc2ccc(-c3ccccc3C(=O)O)o2)CCN1C(C)=O. The highest BCUT2D eigenvalue weighted by Gasteiger charge is 2.33. The largest absolute Gasteiger partial charge is 0.478 e. The summed E-state index contributed by atoms with van der Waals surface area (Å²) in [6.45, 7) is 3.41. The molecule has 3 rings (SSSR count). The fourth-order valence-electron chi connectivity index (χ4n) is 3.46. The molecule has 8 heteroatoms. The maximum Gasteiger partial charge on any atom is 0.336 e. The van der Waals surface area contributed by atoms with Crippen molar-refractivity contribution < 1.29 is 23.9 Å². The Bertz CT molecular complexity index is 891. The van der Waals surface area contributed by atoms with Gasteiger partial charge >= 0.3 is 5.97 Å². The summed E-state index contributed by atoms with van der Waals surface area (Å²) in [4.78, 5) is 39.0. The molecule has 0 aliphatic carbocycles. The number of carboxylic acid groups (broad SMARTS) is 1. The van der Waals surface area contributed by atoms with Gasteiger partial charge in [0.05, 0.1) is 12.1 Å². The lowest BCUT2D eigenvalue weighted by molar-refractivity contribution is -0.142. The molecule has 0 radical (unpaired) electrons. The highest BCUT2D eigenvalue weighted by Crippen LogP contribution is 2.27. The molecule has 2 aromatic rings. The van der Waals surface area contributed by atoms with Gasteiger partial charge < -0.3 is 19.7 Å². The van der Waals surface area contributed by atoms with Crippen LogP contribution < -0.4 is 5.32 Å². The lowest BCUT2D eigenvalue weighted by atomic mass is 10.1. The molecule has 0 saturated carbocycles. The summed E-state index contributed by atoms with van der Waals surface area (Å²) in [5.74, 6) is -0.183. The van der Waals surface area contributed by atoms with Gasteiger partial charge in [0.2, 0.25) is 11.8 Å². The van der Waals surface area contributed by atoms with Gasteiger partial charge in [-0.15, -0.1) is 0 Å². The molecule has 1 atom stereocenters. The number of rotatable bonds is 5. The maximum absolute atomic E-state index is 12.2. The monoisotopic (exact) mass is 385 g/mol. The molecule has 0 spiro atoms.